The molecule has 0 aliphatic carbocycles. The second kappa shape index (κ2) is 7.04. The van der Waals surface area contributed by atoms with E-state index in [0.29, 0.717) is 6.42 Å². The van der Waals surface area contributed by atoms with E-state index >= 15 is 0 Å². The van der Waals surface area contributed by atoms with Crippen LogP contribution in [-0.4, -0.2) is 11.9 Å². The molecule has 0 fully saturated rings. The van der Waals surface area contributed by atoms with Gasteiger partial charge in [0.1, 0.15) is 0 Å². The van der Waals surface area contributed by atoms with Crippen LogP contribution in [0.25, 0.3) is 0 Å². The molecule has 0 aromatic heterocycles. The quantitative estimate of drug-likeness (QED) is 0.783. The molecule has 2 heteroatoms. The largest absolute Gasteiger partial charge is 0.353 e. The second-order valence-electron chi connectivity index (χ2n) is 4.26. The van der Waals surface area contributed by atoms with Gasteiger partial charge in [0, 0.05) is 12.5 Å². The van der Waals surface area contributed by atoms with Crippen LogP contribution in [0.15, 0.2) is 30.3 Å². The van der Waals surface area contributed by atoms with Gasteiger partial charge in [-0.15, -0.1) is 0 Å². The Balaban J connectivity index is 2.30. The van der Waals surface area contributed by atoms with Gasteiger partial charge in [-0.1, -0.05) is 43.7 Å². The number of nitrogens with one attached hydrogen (secondary N) is 1. The summed E-state index contributed by atoms with van der Waals surface area (Å²) in [6, 6.07) is 10.5. The molecular formula is C14H21NO. The Bertz CT molecular complexity index is 308. The molecule has 1 atom stereocenters. The van der Waals surface area contributed by atoms with Crippen molar-refractivity contribution >= 4 is 5.91 Å². The third kappa shape index (κ3) is 4.96. The highest BCUT2D eigenvalue weighted by molar-refractivity contribution is 5.76. The number of hydrogen-bond acceptors (Lipinski definition) is 1. The second-order valence-corrected chi connectivity index (χ2v) is 4.26. The minimum Gasteiger partial charge on any atom is -0.353 e. The zero-order valence-corrected chi connectivity index (χ0v) is 10.2. The lowest BCUT2D eigenvalue weighted by atomic mass is 10.1. The monoisotopic (exact) mass is 219 g/mol. The molecule has 0 aliphatic rings. The van der Waals surface area contributed by atoms with Gasteiger partial charge in [-0.2, -0.15) is 0 Å². The zero-order chi connectivity index (χ0) is 11.8. The Kier molecular flexibility index (Phi) is 5.62. The SMILES string of the molecule is CCCCC(=O)N[C@H](C)Cc1ccccc1. The van der Waals surface area contributed by atoms with E-state index in [0.717, 1.165) is 19.3 Å². The first kappa shape index (κ1) is 12.8. The van der Waals surface area contributed by atoms with E-state index in [1.165, 1.54) is 5.56 Å². The molecule has 1 amide bonds. The molecule has 1 aromatic rings. The average Bonchev–Trinajstić information content (AvgIpc) is 2.27. The van der Waals surface area contributed by atoms with Gasteiger partial charge >= 0.3 is 0 Å². The number of rotatable bonds is 6. The van der Waals surface area contributed by atoms with E-state index < -0.39 is 0 Å². The van der Waals surface area contributed by atoms with Crippen molar-refractivity contribution in [2.24, 2.45) is 0 Å². The molecule has 1 rings (SSSR count). The first-order valence-electron chi connectivity index (χ1n) is 6.05. The standard InChI is InChI=1S/C14H21NO/c1-3-4-10-14(16)15-12(2)11-13-8-6-5-7-9-13/h5-9,12H,3-4,10-11H2,1-2H3,(H,15,16)/t12-/m1/s1. The molecule has 0 spiro atoms. The van der Waals surface area contributed by atoms with Crippen LogP contribution in [0.1, 0.15) is 38.7 Å². The summed E-state index contributed by atoms with van der Waals surface area (Å²) in [6.07, 6.45) is 3.60. The van der Waals surface area contributed by atoms with Crippen molar-refractivity contribution < 1.29 is 4.79 Å². The van der Waals surface area contributed by atoms with Gasteiger partial charge < -0.3 is 5.32 Å². The van der Waals surface area contributed by atoms with Crippen molar-refractivity contribution in [2.75, 3.05) is 0 Å². The molecule has 0 heterocycles. The molecule has 1 aromatic carbocycles. The molecule has 0 aliphatic heterocycles. The molecule has 2 nitrogen and oxygen atoms in total. The van der Waals surface area contributed by atoms with Gasteiger partial charge in [0.05, 0.1) is 0 Å². The zero-order valence-electron chi connectivity index (χ0n) is 10.2. The van der Waals surface area contributed by atoms with Crippen LogP contribution in [0, 0.1) is 0 Å². The van der Waals surface area contributed by atoms with Gasteiger partial charge in [-0.05, 0) is 25.3 Å². The Morgan fingerprint density at radius 1 is 1.31 bits per heavy atom. The number of unbranched alkanes of at least 4 members (excludes halogenated alkanes) is 1. The van der Waals surface area contributed by atoms with Gasteiger partial charge in [0.15, 0.2) is 0 Å². The fourth-order valence-corrected chi connectivity index (χ4v) is 1.70. The van der Waals surface area contributed by atoms with E-state index in [4.69, 9.17) is 0 Å². The van der Waals surface area contributed by atoms with E-state index in [9.17, 15) is 4.79 Å². The van der Waals surface area contributed by atoms with E-state index in [-0.39, 0.29) is 11.9 Å². The predicted octanol–water partition coefficient (Wildman–Crippen LogP) is 2.92. The number of carbonyl (C=O) groups is 1. The van der Waals surface area contributed by atoms with Crippen LogP contribution in [0.3, 0.4) is 0 Å². The topological polar surface area (TPSA) is 29.1 Å². The lowest BCUT2D eigenvalue weighted by molar-refractivity contribution is -0.121. The predicted molar refractivity (Wildman–Crippen MR) is 67.3 cm³/mol. The normalized spacial score (nSPS) is 12.1. The first-order chi connectivity index (χ1) is 7.72. The van der Waals surface area contributed by atoms with Crippen molar-refractivity contribution in [1.29, 1.82) is 0 Å². The van der Waals surface area contributed by atoms with Crippen LogP contribution in [0.4, 0.5) is 0 Å². The summed E-state index contributed by atoms with van der Waals surface area (Å²) in [4.78, 5) is 11.5. The highest BCUT2D eigenvalue weighted by Crippen LogP contribution is 2.03. The van der Waals surface area contributed by atoms with Crippen LogP contribution in [-0.2, 0) is 11.2 Å². The summed E-state index contributed by atoms with van der Waals surface area (Å²) < 4.78 is 0. The Morgan fingerprint density at radius 2 is 2.00 bits per heavy atom. The summed E-state index contributed by atoms with van der Waals surface area (Å²) >= 11 is 0. The summed E-state index contributed by atoms with van der Waals surface area (Å²) in [7, 11) is 0. The third-order valence-corrected chi connectivity index (χ3v) is 2.55. The van der Waals surface area contributed by atoms with Crippen molar-refractivity contribution in [3.63, 3.8) is 0 Å². The molecule has 0 radical (unpaired) electrons. The Morgan fingerprint density at radius 3 is 2.62 bits per heavy atom. The van der Waals surface area contributed by atoms with Gasteiger partial charge in [0.25, 0.3) is 0 Å². The molecular weight excluding hydrogens is 198 g/mol. The molecule has 88 valence electrons. The molecule has 0 unspecified atom stereocenters. The molecule has 0 saturated heterocycles. The fraction of sp³-hybridized carbons (Fsp3) is 0.500. The highest BCUT2D eigenvalue weighted by atomic mass is 16.1. The lowest BCUT2D eigenvalue weighted by Gasteiger charge is -2.13. The van der Waals surface area contributed by atoms with Crippen molar-refractivity contribution in [2.45, 2.75) is 45.6 Å². The Labute approximate surface area is 98.1 Å². The average molecular weight is 219 g/mol. The fourth-order valence-electron chi connectivity index (χ4n) is 1.70. The maximum absolute atomic E-state index is 11.5. The number of hydrogen-bond donors (Lipinski definition) is 1. The minimum absolute atomic E-state index is 0.172. The molecule has 1 N–H and O–H groups in total. The van der Waals surface area contributed by atoms with Crippen molar-refractivity contribution in [1.82, 2.24) is 5.32 Å². The van der Waals surface area contributed by atoms with E-state index in [1.807, 2.05) is 18.2 Å². The van der Waals surface area contributed by atoms with Gasteiger partial charge in [-0.3, -0.25) is 4.79 Å². The van der Waals surface area contributed by atoms with E-state index in [2.05, 4.69) is 31.3 Å². The van der Waals surface area contributed by atoms with Crippen LogP contribution >= 0.6 is 0 Å². The highest BCUT2D eigenvalue weighted by Gasteiger charge is 2.07. The summed E-state index contributed by atoms with van der Waals surface area (Å²) in [5.41, 5.74) is 1.27. The van der Waals surface area contributed by atoms with Crippen LogP contribution in [0.5, 0.6) is 0 Å². The van der Waals surface area contributed by atoms with Crippen LogP contribution < -0.4 is 5.32 Å². The number of amides is 1. The summed E-state index contributed by atoms with van der Waals surface area (Å²) in [5, 5.41) is 3.02. The van der Waals surface area contributed by atoms with E-state index in [1.54, 1.807) is 0 Å². The smallest absolute Gasteiger partial charge is 0.220 e. The van der Waals surface area contributed by atoms with Crippen molar-refractivity contribution in [3.05, 3.63) is 35.9 Å². The summed E-state index contributed by atoms with van der Waals surface area (Å²) in [6.45, 7) is 4.15. The third-order valence-electron chi connectivity index (χ3n) is 2.55. The number of benzene rings is 1. The summed E-state index contributed by atoms with van der Waals surface area (Å²) in [5.74, 6) is 0.172. The van der Waals surface area contributed by atoms with Gasteiger partial charge in [-0.25, -0.2) is 0 Å². The van der Waals surface area contributed by atoms with Crippen molar-refractivity contribution in [3.8, 4) is 0 Å². The van der Waals surface area contributed by atoms with Crippen LogP contribution in [0.2, 0.25) is 0 Å². The first-order valence-corrected chi connectivity index (χ1v) is 6.05. The maximum Gasteiger partial charge on any atom is 0.220 e. The molecule has 0 saturated carbocycles. The minimum atomic E-state index is 0.172. The maximum atomic E-state index is 11.5. The Hall–Kier alpha value is -1.31. The molecule has 16 heavy (non-hydrogen) atoms. The number of carbonyl (C=O) groups excluding carboxylic acids is 1. The van der Waals surface area contributed by atoms with Gasteiger partial charge in [0.2, 0.25) is 5.91 Å². The lowest BCUT2D eigenvalue weighted by Crippen LogP contribution is -2.33. The molecule has 0 bridgehead atoms.